The summed E-state index contributed by atoms with van der Waals surface area (Å²) in [7, 11) is 0. The van der Waals surface area contributed by atoms with E-state index < -0.39 is 6.36 Å². The van der Waals surface area contributed by atoms with Gasteiger partial charge < -0.3 is 19.8 Å². The highest BCUT2D eigenvalue weighted by Gasteiger charge is 2.32. The van der Waals surface area contributed by atoms with Gasteiger partial charge in [-0.1, -0.05) is 0 Å². The van der Waals surface area contributed by atoms with E-state index >= 15 is 0 Å². The lowest BCUT2D eigenvalue weighted by Crippen LogP contribution is -2.28. The Morgan fingerprint density at radius 2 is 2.16 bits per heavy atom. The summed E-state index contributed by atoms with van der Waals surface area (Å²) < 4.78 is 48.3. The van der Waals surface area contributed by atoms with Crippen molar-refractivity contribution in [3.8, 4) is 5.75 Å². The first-order valence-electron chi connectivity index (χ1n) is 8.09. The van der Waals surface area contributed by atoms with E-state index in [4.69, 9.17) is 10.5 Å². The molecule has 0 saturated heterocycles. The number of rotatable bonds is 4. The van der Waals surface area contributed by atoms with Gasteiger partial charge in [0, 0.05) is 22.6 Å². The smallest absolute Gasteiger partial charge is 0.465 e. The Morgan fingerprint density at radius 3 is 2.84 bits per heavy atom. The topological polar surface area (TPSA) is 66.5 Å². The molecule has 1 aromatic heterocycles. The number of carbonyl (C=O) groups is 1. The van der Waals surface area contributed by atoms with Gasteiger partial charge in [-0.05, 0) is 49.9 Å². The predicted octanol–water partition coefficient (Wildman–Crippen LogP) is 2.92. The molecule has 2 aromatic rings. The van der Waals surface area contributed by atoms with Gasteiger partial charge in [-0.15, -0.1) is 13.2 Å². The quantitative estimate of drug-likeness (QED) is 0.856. The minimum Gasteiger partial charge on any atom is -0.465 e. The largest absolute Gasteiger partial charge is 0.573 e. The molecule has 5 nitrogen and oxygen atoms in total. The van der Waals surface area contributed by atoms with Crippen molar-refractivity contribution in [1.82, 2.24) is 4.57 Å². The van der Waals surface area contributed by atoms with Gasteiger partial charge in [0.2, 0.25) is 0 Å². The van der Waals surface area contributed by atoms with Crippen molar-refractivity contribution in [3.05, 3.63) is 29.5 Å². The molecule has 0 spiro atoms. The lowest BCUT2D eigenvalue weighted by Gasteiger charge is -2.20. The number of hydrogen-bond donors (Lipinski definition) is 1. The highest BCUT2D eigenvalue weighted by atomic mass is 19.4. The van der Waals surface area contributed by atoms with Crippen molar-refractivity contribution in [3.63, 3.8) is 0 Å². The molecule has 0 bridgehead atoms. The van der Waals surface area contributed by atoms with Gasteiger partial charge in [0.05, 0.1) is 6.61 Å². The normalized spacial score (nSPS) is 17.4. The number of aromatic nitrogens is 1. The van der Waals surface area contributed by atoms with Gasteiger partial charge in [0.1, 0.15) is 12.3 Å². The summed E-state index contributed by atoms with van der Waals surface area (Å²) >= 11 is 0. The molecule has 1 atom stereocenters. The molecule has 25 heavy (non-hydrogen) atoms. The maximum Gasteiger partial charge on any atom is 0.573 e. The van der Waals surface area contributed by atoms with Crippen LogP contribution in [0.25, 0.3) is 10.9 Å². The van der Waals surface area contributed by atoms with E-state index in [1.807, 2.05) is 4.57 Å². The monoisotopic (exact) mass is 356 g/mol. The zero-order valence-electron chi connectivity index (χ0n) is 13.7. The Morgan fingerprint density at radius 1 is 1.40 bits per heavy atom. The number of benzene rings is 1. The molecule has 1 unspecified atom stereocenters. The molecule has 0 radical (unpaired) electrons. The number of halogens is 3. The molecule has 3 rings (SSSR count). The Kier molecular flexibility index (Phi) is 4.64. The van der Waals surface area contributed by atoms with Gasteiger partial charge in [-0.3, -0.25) is 4.79 Å². The number of hydrogen-bond acceptors (Lipinski definition) is 4. The van der Waals surface area contributed by atoms with Gasteiger partial charge in [0.15, 0.2) is 0 Å². The van der Waals surface area contributed by atoms with Crippen molar-refractivity contribution in [2.75, 3.05) is 6.61 Å². The summed E-state index contributed by atoms with van der Waals surface area (Å²) in [6, 6.07) is 4.10. The Bertz CT molecular complexity index is 799. The van der Waals surface area contributed by atoms with E-state index in [0.29, 0.717) is 23.7 Å². The number of nitrogens with two attached hydrogens (primary N) is 1. The first-order chi connectivity index (χ1) is 11.8. The van der Waals surface area contributed by atoms with Crippen molar-refractivity contribution in [2.45, 2.75) is 45.1 Å². The summed E-state index contributed by atoms with van der Waals surface area (Å²) in [5.74, 6) is -0.664. The molecule has 0 amide bonds. The van der Waals surface area contributed by atoms with Crippen LogP contribution in [0.2, 0.25) is 0 Å². The highest BCUT2D eigenvalue weighted by molar-refractivity contribution is 5.88. The van der Waals surface area contributed by atoms with Crippen LogP contribution in [0.1, 0.15) is 24.6 Å². The second-order valence-corrected chi connectivity index (χ2v) is 6.05. The van der Waals surface area contributed by atoms with Crippen LogP contribution in [0.15, 0.2) is 18.2 Å². The van der Waals surface area contributed by atoms with Crippen LogP contribution in [0.5, 0.6) is 5.75 Å². The summed E-state index contributed by atoms with van der Waals surface area (Å²) in [5, 5.41) is 0.635. The van der Waals surface area contributed by atoms with Gasteiger partial charge >= 0.3 is 12.3 Å². The fourth-order valence-electron chi connectivity index (χ4n) is 3.37. The number of alkyl halides is 3. The maximum absolute atomic E-state index is 12.5. The first-order valence-corrected chi connectivity index (χ1v) is 8.09. The molecule has 0 aliphatic heterocycles. The lowest BCUT2D eigenvalue weighted by molar-refractivity contribution is -0.274. The average Bonchev–Trinajstić information content (AvgIpc) is 2.79. The number of fused-ring (bicyclic) bond motifs is 3. The molecule has 136 valence electrons. The van der Waals surface area contributed by atoms with Crippen LogP contribution in [0, 0.1) is 0 Å². The molecule has 8 heteroatoms. The minimum atomic E-state index is -4.75. The average molecular weight is 356 g/mol. The third kappa shape index (κ3) is 3.73. The third-order valence-electron chi connectivity index (χ3n) is 4.30. The fraction of sp³-hybridized carbons (Fsp3) is 0.471. The molecule has 1 aromatic carbocycles. The molecule has 1 aliphatic carbocycles. The second kappa shape index (κ2) is 6.59. The molecule has 1 aliphatic rings. The van der Waals surface area contributed by atoms with Crippen LogP contribution in [0.3, 0.4) is 0 Å². The van der Waals surface area contributed by atoms with Crippen LogP contribution in [-0.4, -0.2) is 29.5 Å². The van der Waals surface area contributed by atoms with E-state index in [2.05, 4.69) is 4.74 Å². The Labute approximate surface area is 142 Å². The van der Waals surface area contributed by atoms with Crippen molar-refractivity contribution < 1.29 is 27.4 Å². The third-order valence-corrected chi connectivity index (χ3v) is 4.30. The van der Waals surface area contributed by atoms with Crippen molar-refractivity contribution >= 4 is 16.9 Å². The molecule has 2 N–H and O–H groups in total. The van der Waals surface area contributed by atoms with E-state index in [0.717, 1.165) is 17.7 Å². The Hall–Kier alpha value is -2.22. The standard InChI is InChI=1S/C17H19F3N2O3/c1-2-24-16(23)9-22-14-5-3-10(21)7-12(14)13-8-11(4-6-15(13)22)25-17(18,19)20/h4,6,8,10H,2-3,5,7,9,21H2,1H3. The van der Waals surface area contributed by atoms with E-state index in [1.54, 1.807) is 13.0 Å². The number of esters is 1. The van der Waals surface area contributed by atoms with Crippen molar-refractivity contribution in [1.29, 1.82) is 0 Å². The van der Waals surface area contributed by atoms with Gasteiger partial charge in [0.25, 0.3) is 0 Å². The number of ether oxygens (including phenoxy) is 2. The van der Waals surface area contributed by atoms with Crippen molar-refractivity contribution in [2.24, 2.45) is 5.73 Å². The summed E-state index contributed by atoms with van der Waals surface area (Å²) in [4.78, 5) is 11.9. The van der Waals surface area contributed by atoms with Crippen LogP contribution >= 0.6 is 0 Å². The number of carbonyl (C=O) groups excluding carboxylic acids is 1. The molecule has 0 fully saturated rings. The van der Waals surface area contributed by atoms with Crippen LogP contribution in [-0.2, 0) is 28.9 Å². The minimum absolute atomic E-state index is 0.0222. The maximum atomic E-state index is 12.5. The van der Waals surface area contributed by atoms with Crippen LogP contribution < -0.4 is 10.5 Å². The zero-order valence-corrected chi connectivity index (χ0v) is 13.7. The van der Waals surface area contributed by atoms with E-state index in [9.17, 15) is 18.0 Å². The Balaban J connectivity index is 2.08. The number of nitrogens with zero attached hydrogens (tertiary/aromatic N) is 1. The summed E-state index contributed by atoms with van der Waals surface area (Å²) in [6.07, 6.45) is -2.77. The summed E-state index contributed by atoms with van der Waals surface area (Å²) in [5.41, 5.74) is 8.51. The molecule has 1 heterocycles. The van der Waals surface area contributed by atoms with Crippen LogP contribution in [0.4, 0.5) is 13.2 Å². The lowest BCUT2D eigenvalue weighted by atomic mass is 9.92. The second-order valence-electron chi connectivity index (χ2n) is 6.05. The molecule has 0 saturated carbocycles. The highest BCUT2D eigenvalue weighted by Crippen LogP contribution is 2.35. The van der Waals surface area contributed by atoms with E-state index in [-0.39, 0.29) is 30.9 Å². The molecular weight excluding hydrogens is 337 g/mol. The fourth-order valence-corrected chi connectivity index (χ4v) is 3.37. The zero-order chi connectivity index (χ0) is 18.2. The van der Waals surface area contributed by atoms with Gasteiger partial charge in [-0.25, -0.2) is 0 Å². The molecular formula is C17H19F3N2O3. The SMILES string of the molecule is CCOC(=O)Cn1c2c(c3cc(OC(F)(F)F)ccc31)CC(N)CC2. The predicted molar refractivity (Wildman–Crippen MR) is 85.3 cm³/mol. The summed E-state index contributed by atoms with van der Waals surface area (Å²) in [6.45, 7) is 2.02. The first kappa shape index (κ1) is 17.6. The van der Waals surface area contributed by atoms with E-state index in [1.165, 1.54) is 12.1 Å². The van der Waals surface area contributed by atoms with Gasteiger partial charge in [-0.2, -0.15) is 0 Å².